The van der Waals surface area contributed by atoms with Crippen molar-refractivity contribution in [2.45, 2.75) is 0 Å². The minimum absolute atomic E-state index is 1.09. The second-order valence-corrected chi connectivity index (χ2v) is 16.1. The predicted octanol–water partition coefficient (Wildman–Crippen LogP) is 16.7. The van der Waals surface area contributed by atoms with Gasteiger partial charge in [-0.2, -0.15) is 0 Å². The van der Waals surface area contributed by atoms with E-state index >= 15 is 0 Å². The van der Waals surface area contributed by atoms with Gasteiger partial charge in [0, 0.05) is 33.2 Å². The topological polar surface area (TPSA) is 8.17 Å². The highest BCUT2D eigenvalue weighted by atomic mass is 15.1. The lowest BCUT2D eigenvalue weighted by atomic mass is 9.94. The molecule has 0 aliphatic rings. The van der Waals surface area contributed by atoms with Crippen LogP contribution in [0, 0.1) is 0 Å². The van der Waals surface area contributed by atoms with Gasteiger partial charge < -0.3 is 9.47 Å². The summed E-state index contributed by atoms with van der Waals surface area (Å²) in [7, 11) is 0. The molecule has 0 saturated carbocycles. The molecule has 0 unspecified atom stereocenters. The smallest absolute Gasteiger partial charge is 0.0541 e. The summed E-state index contributed by atoms with van der Waals surface area (Å²) in [5.41, 5.74) is 14.0. The van der Waals surface area contributed by atoms with Crippen LogP contribution >= 0.6 is 0 Å². The molecule has 0 aliphatic carbocycles. The summed E-state index contributed by atoms with van der Waals surface area (Å²) in [5.74, 6) is 0. The number of benzene rings is 11. The van der Waals surface area contributed by atoms with E-state index in [4.69, 9.17) is 0 Å². The number of rotatable bonds is 7. The molecular formula is C60H40N2. The van der Waals surface area contributed by atoms with Gasteiger partial charge in [-0.25, -0.2) is 0 Å². The number of aromatic nitrogens is 1. The van der Waals surface area contributed by atoms with Gasteiger partial charge in [0.2, 0.25) is 0 Å². The molecule has 290 valence electrons. The molecule has 62 heavy (non-hydrogen) atoms. The molecule has 0 aliphatic heterocycles. The van der Waals surface area contributed by atoms with Crippen molar-refractivity contribution in [3.05, 3.63) is 243 Å². The maximum absolute atomic E-state index is 2.45. The van der Waals surface area contributed by atoms with Crippen molar-refractivity contribution in [1.29, 1.82) is 0 Å². The predicted molar refractivity (Wildman–Crippen MR) is 264 cm³/mol. The van der Waals surface area contributed by atoms with Gasteiger partial charge in [-0.3, -0.25) is 0 Å². The zero-order valence-electron chi connectivity index (χ0n) is 34.0. The first-order valence-electron chi connectivity index (χ1n) is 21.3. The van der Waals surface area contributed by atoms with Crippen molar-refractivity contribution in [2.24, 2.45) is 0 Å². The van der Waals surface area contributed by atoms with Gasteiger partial charge in [0.05, 0.1) is 16.7 Å². The average molecular weight is 789 g/mol. The molecule has 12 rings (SSSR count). The summed E-state index contributed by atoms with van der Waals surface area (Å²) < 4.78 is 2.40. The summed E-state index contributed by atoms with van der Waals surface area (Å²) >= 11 is 0. The Bertz CT molecular complexity index is 3610. The lowest BCUT2D eigenvalue weighted by Gasteiger charge is -2.28. The molecule has 0 fully saturated rings. The van der Waals surface area contributed by atoms with Crippen LogP contribution in [-0.2, 0) is 0 Å². The Morgan fingerprint density at radius 3 is 1.55 bits per heavy atom. The zero-order chi connectivity index (χ0) is 41.0. The average Bonchev–Trinajstić information content (AvgIpc) is 3.68. The normalized spacial score (nSPS) is 11.5. The van der Waals surface area contributed by atoms with E-state index in [1.165, 1.54) is 76.4 Å². The van der Waals surface area contributed by atoms with Gasteiger partial charge in [0.25, 0.3) is 0 Å². The van der Waals surface area contributed by atoms with Crippen LogP contribution in [0.2, 0.25) is 0 Å². The second kappa shape index (κ2) is 14.8. The minimum Gasteiger partial charge on any atom is -0.310 e. The van der Waals surface area contributed by atoms with Crippen molar-refractivity contribution in [1.82, 2.24) is 4.57 Å². The number of hydrogen-bond acceptors (Lipinski definition) is 1. The summed E-state index contributed by atoms with van der Waals surface area (Å²) in [6.45, 7) is 0. The van der Waals surface area contributed by atoms with Crippen molar-refractivity contribution in [3.8, 4) is 39.1 Å². The molecule has 1 aromatic heterocycles. The fourth-order valence-electron chi connectivity index (χ4n) is 9.65. The molecule has 2 nitrogen and oxygen atoms in total. The Morgan fingerprint density at radius 2 is 0.790 bits per heavy atom. The summed E-state index contributed by atoms with van der Waals surface area (Å²) in [4.78, 5) is 2.45. The van der Waals surface area contributed by atoms with Gasteiger partial charge >= 0.3 is 0 Å². The molecule has 11 aromatic carbocycles. The molecule has 0 radical (unpaired) electrons. The monoisotopic (exact) mass is 788 g/mol. The Morgan fingerprint density at radius 1 is 0.274 bits per heavy atom. The number of nitrogens with zero attached hydrogens (tertiary/aromatic N) is 2. The van der Waals surface area contributed by atoms with Crippen LogP contribution in [0.5, 0.6) is 0 Å². The lowest BCUT2D eigenvalue weighted by molar-refractivity contribution is 1.18. The molecule has 0 N–H and O–H groups in total. The maximum atomic E-state index is 2.45. The van der Waals surface area contributed by atoms with Crippen LogP contribution in [0.1, 0.15) is 0 Å². The van der Waals surface area contributed by atoms with E-state index in [-0.39, 0.29) is 0 Å². The molecule has 0 saturated heterocycles. The second-order valence-electron chi connectivity index (χ2n) is 16.1. The van der Waals surface area contributed by atoms with Crippen molar-refractivity contribution < 1.29 is 0 Å². The largest absolute Gasteiger partial charge is 0.310 e. The fraction of sp³-hybridized carbons (Fsp3) is 0. The molecule has 1 heterocycles. The standard InChI is InChI=1S/C60H40N2/c1-2-17-43-37-47(34-33-41(43)15-1)53-35-36-60(55-27-6-5-26-54(53)55)61(49-23-13-21-46(40-49)52-30-14-18-42-16-3-4-25-51(42)52)48-22-11-19-44(38-48)45-20-12-24-50(39-45)62-58-31-9-7-28-56(58)57-29-8-10-32-59(57)62/h1-40H. The highest BCUT2D eigenvalue weighted by Gasteiger charge is 2.20. The molecular weight excluding hydrogens is 749 g/mol. The molecule has 0 amide bonds. The first-order chi connectivity index (χ1) is 30.7. The van der Waals surface area contributed by atoms with Gasteiger partial charge in [0.1, 0.15) is 0 Å². The third kappa shape index (κ3) is 6.04. The van der Waals surface area contributed by atoms with E-state index in [2.05, 4.69) is 252 Å². The highest BCUT2D eigenvalue weighted by molar-refractivity contribution is 6.10. The lowest BCUT2D eigenvalue weighted by Crippen LogP contribution is -2.11. The third-order valence-corrected chi connectivity index (χ3v) is 12.5. The molecule has 2 heteroatoms. The van der Waals surface area contributed by atoms with Crippen LogP contribution in [-0.4, -0.2) is 4.57 Å². The van der Waals surface area contributed by atoms with E-state index < -0.39 is 0 Å². The van der Waals surface area contributed by atoms with Gasteiger partial charge in [-0.1, -0.05) is 182 Å². The van der Waals surface area contributed by atoms with E-state index in [1.54, 1.807) is 0 Å². The highest BCUT2D eigenvalue weighted by Crippen LogP contribution is 2.44. The molecule has 0 spiro atoms. The maximum Gasteiger partial charge on any atom is 0.0541 e. The Hall–Kier alpha value is -8.20. The number of hydrogen-bond donors (Lipinski definition) is 0. The quantitative estimate of drug-likeness (QED) is 0.156. The van der Waals surface area contributed by atoms with Crippen molar-refractivity contribution in [3.63, 3.8) is 0 Å². The van der Waals surface area contributed by atoms with E-state index in [1.807, 2.05) is 0 Å². The van der Waals surface area contributed by atoms with Crippen molar-refractivity contribution in [2.75, 3.05) is 4.90 Å². The van der Waals surface area contributed by atoms with Gasteiger partial charge in [-0.05, 0) is 121 Å². The molecule has 0 atom stereocenters. The number of anilines is 3. The van der Waals surface area contributed by atoms with E-state index in [9.17, 15) is 0 Å². The van der Waals surface area contributed by atoms with Crippen LogP contribution in [0.25, 0.3) is 93.2 Å². The Labute approximate surface area is 360 Å². The number of para-hydroxylation sites is 2. The van der Waals surface area contributed by atoms with Gasteiger partial charge in [0.15, 0.2) is 0 Å². The summed E-state index contributed by atoms with van der Waals surface area (Å²) in [5, 5.41) is 9.89. The van der Waals surface area contributed by atoms with Gasteiger partial charge in [-0.15, -0.1) is 0 Å². The Balaban J connectivity index is 1.04. The first kappa shape index (κ1) is 35.7. The van der Waals surface area contributed by atoms with Crippen LogP contribution in [0.15, 0.2) is 243 Å². The summed E-state index contributed by atoms with van der Waals surface area (Å²) in [6.07, 6.45) is 0. The minimum atomic E-state index is 1.09. The van der Waals surface area contributed by atoms with E-state index in [0.29, 0.717) is 0 Å². The van der Waals surface area contributed by atoms with Crippen LogP contribution < -0.4 is 4.90 Å². The van der Waals surface area contributed by atoms with Crippen LogP contribution in [0.3, 0.4) is 0 Å². The molecule has 0 bridgehead atoms. The van der Waals surface area contributed by atoms with Crippen LogP contribution in [0.4, 0.5) is 17.1 Å². The van der Waals surface area contributed by atoms with Crippen molar-refractivity contribution >= 4 is 71.2 Å². The summed E-state index contributed by atoms with van der Waals surface area (Å²) in [6, 6.07) is 88.6. The first-order valence-corrected chi connectivity index (χ1v) is 21.3. The zero-order valence-corrected chi connectivity index (χ0v) is 34.0. The van der Waals surface area contributed by atoms with E-state index in [0.717, 1.165) is 33.9 Å². The molecule has 12 aromatic rings. The third-order valence-electron chi connectivity index (χ3n) is 12.5. The Kier molecular flexibility index (Phi) is 8.53. The SMILES string of the molecule is c1cc(-c2cccc(-n3c4ccccc4c4ccccc43)c2)cc(N(c2cccc(-c3cccc4ccccc34)c2)c2ccc(-c3ccc4ccccc4c3)c3ccccc23)c1. The fourth-order valence-corrected chi connectivity index (χ4v) is 9.65. The number of fused-ring (bicyclic) bond motifs is 6.